The molecule has 1 aliphatic rings. The summed E-state index contributed by atoms with van der Waals surface area (Å²) in [5.74, 6) is 1.14. The van der Waals surface area contributed by atoms with Crippen molar-refractivity contribution in [3.63, 3.8) is 0 Å². The molecular weight excluding hydrogens is 448 g/mol. The van der Waals surface area contributed by atoms with Gasteiger partial charge in [-0.05, 0) is 61.0 Å². The van der Waals surface area contributed by atoms with Crippen molar-refractivity contribution in [3.8, 4) is 11.5 Å². The lowest BCUT2D eigenvalue weighted by atomic mass is 10.1. The van der Waals surface area contributed by atoms with Crippen LogP contribution in [-0.2, 0) is 10.0 Å². The van der Waals surface area contributed by atoms with Crippen molar-refractivity contribution in [2.75, 3.05) is 14.2 Å². The number of sulfonamides is 1. The fourth-order valence-corrected chi connectivity index (χ4v) is 5.07. The Balaban J connectivity index is 1.78. The molecule has 3 aromatic rings. The second-order valence-corrected chi connectivity index (χ2v) is 9.62. The molecule has 3 aromatic carbocycles. The summed E-state index contributed by atoms with van der Waals surface area (Å²) in [6.45, 7) is 1.91. The summed E-state index contributed by atoms with van der Waals surface area (Å²) in [7, 11) is -0.726. The smallest absolute Gasteiger partial charge is 0.260 e. The molecule has 32 heavy (non-hydrogen) atoms. The summed E-state index contributed by atoms with van der Waals surface area (Å²) in [6, 6.07) is 18.8. The summed E-state index contributed by atoms with van der Waals surface area (Å²) >= 11 is 6.05. The van der Waals surface area contributed by atoms with E-state index in [9.17, 15) is 8.42 Å². The van der Waals surface area contributed by atoms with Gasteiger partial charge in [0.05, 0.1) is 30.9 Å². The van der Waals surface area contributed by atoms with Gasteiger partial charge in [-0.2, -0.15) is 0 Å². The van der Waals surface area contributed by atoms with Crippen molar-refractivity contribution in [2.24, 2.45) is 0 Å². The van der Waals surface area contributed by atoms with Crippen molar-refractivity contribution in [2.45, 2.75) is 17.9 Å². The highest BCUT2D eigenvalue weighted by atomic mass is 35.5. The van der Waals surface area contributed by atoms with Crippen LogP contribution in [0.3, 0.4) is 0 Å². The maximum Gasteiger partial charge on any atom is 0.260 e. The average molecular weight is 471 g/mol. The molecular formula is C24H23ClN2O4S. The third-order valence-corrected chi connectivity index (χ3v) is 7.25. The minimum absolute atomic E-state index is 0.205. The van der Waals surface area contributed by atoms with Crippen LogP contribution in [0, 0.1) is 6.92 Å². The number of hydrogen-bond donors (Lipinski definition) is 1. The van der Waals surface area contributed by atoms with Gasteiger partial charge < -0.3 is 14.9 Å². The first-order chi connectivity index (χ1) is 15.3. The van der Waals surface area contributed by atoms with Gasteiger partial charge >= 0.3 is 0 Å². The zero-order chi connectivity index (χ0) is 22.9. The van der Waals surface area contributed by atoms with Crippen molar-refractivity contribution in [3.05, 3.63) is 94.5 Å². The summed E-state index contributed by atoms with van der Waals surface area (Å²) < 4.78 is 39.1. The normalized spacial score (nSPS) is 16.4. The predicted octanol–water partition coefficient (Wildman–Crippen LogP) is 4.96. The number of aryl methyl sites for hydroxylation is 1. The molecule has 0 saturated heterocycles. The van der Waals surface area contributed by atoms with Crippen LogP contribution in [0.4, 0.5) is 0 Å². The SMILES string of the molecule is COc1ccc(C2=C[C@H](c3ccc(Cl)cc3)N(S(=O)(=O)c3ccc(C)cc3)N2)cc1OC. The topological polar surface area (TPSA) is 67.9 Å². The van der Waals surface area contributed by atoms with E-state index < -0.39 is 16.1 Å². The van der Waals surface area contributed by atoms with E-state index in [-0.39, 0.29) is 4.90 Å². The number of benzene rings is 3. The molecule has 0 aliphatic carbocycles. The highest BCUT2D eigenvalue weighted by Gasteiger charge is 2.37. The van der Waals surface area contributed by atoms with Crippen molar-refractivity contribution >= 4 is 27.3 Å². The Hall–Kier alpha value is -3.00. The minimum atomic E-state index is -3.85. The monoisotopic (exact) mass is 470 g/mol. The third kappa shape index (κ3) is 4.19. The van der Waals surface area contributed by atoms with Crippen molar-refractivity contribution in [1.82, 2.24) is 9.84 Å². The van der Waals surface area contributed by atoms with Gasteiger partial charge in [-0.25, -0.2) is 8.42 Å². The molecule has 0 radical (unpaired) electrons. The number of rotatable bonds is 6. The number of hydrazine groups is 1. The second kappa shape index (κ2) is 8.86. The molecule has 4 rings (SSSR count). The molecule has 0 unspecified atom stereocenters. The standard InChI is InChI=1S/C24H23ClN2O4S/c1-16-4-11-20(12-5-16)32(28,29)27-22(17-6-9-19(25)10-7-17)15-21(26-27)18-8-13-23(30-2)24(14-18)31-3/h4-15,22,26H,1-3H3/t22-/m1/s1. The van der Waals surface area contributed by atoms with Gasteiger partial charge in [0.2, 0.25) is 0 Å². The average Bonchev–Trinajstić information content (AvgIpc) is 3.26. The van der Waals surface area contributed by atoms with E-state index in [2.05, 4.69) is 5.43 Å². The Kier molecular flexibility index (Phi) is 6.15. The van der Waals surface area contributed by atoms with Crippen LogP contribution in [0.15, 0.2) is 77.7 Å². The number of methoxy groups -OCH3 is 2. The van der Waals surface area contributed by atoms with E-state index in [1.165, 1.54) is 4.41 Å². The molecule has 0 fully saturated rings. The first-order valence-corrected chi connectivity index (χ1v) is 11.7. The van der Waals surface area contributed by atoms with Crippen LogP contribution in [0.1, 0.15) is 22.7 Å². The summed E-state index contributed by atoms with van der Waals surface area (Å²) in [5, 5.41) is 0.580. The fraction of sp³-hybridized carbons (Fsp3) is 0.167. The molecule has 0 amide bonds. The Morgan fingerprint density at radius 1 is 0.906 bits per heavy atom. The van der Waals surface area contributed by atoms with E-state index in [0.29, 0.717) is 22.2 Å². The molecule has 0 saturated carbocycles. The number of nitrogens with one attached hydrogen (secondary N) is 1. The van der Waals surface area contributed by atoms with Crippen LogP contribution in [0.2, 0.25) is 5.02 Å². The van der Waals surface area contributed by atoms with Gasteiger partial charge in [-0.1, -0.05) is 41.4 Å². The minimum Gasteiger partial charge on any atom is -0.493 e. The van der Waals surface area contributed by atoms with E-state index in [1.807, 2.05) is 31.2 Å². The highest BCUT2D eigenvalue weighted by Crippen LogP contribution is 2.38. The molecule has 1 N–H and O–H groups in total. The van der Waals surface area contributed by atoms with Gasteiger partial charge in [0.1, 0.15) is 0 Å². The van der Waals surface area contributed by atoms with E-state index in [0.717, 1.165) is 16.7 Å². The Morgan fingerprint density at radius 3 is 2.19 bits per heavy atom. The first kappa shape index (κ1) is 22.2. The predicted molar refractivity (Wildman–Crippen MR) is 125 cm³/mol. The van der Waals surface area contributed by atoms with Crippen LogP contribution < -0.4 is 14.9 Å². The summed E-state index contributed by atoms with van der Waals surface area (Å²) in [5.41, 5.74) is 6.27. The molecule has 0 spiro atoms. The summed E-state index contributed by atoms with van der Waals surface area (Å²) in [6.07, 6.45) is 1.87. The quantitative estimate of drug-likeness (QED) is 0.551. The zero-order valence-corrected chi connectivity index (χ0v) is 19.4. The third-order valence-electron chi connectivity index (χ3n) is 5.29. The molecule has 6 nitrogen and oxygen atoms in total. The molecule has 1 atom stereocenters. The Labute approximate surface area is 193 Å². The molecule has 1 heterocycles. The van der Waals surface area contributed by atoms with E-state index in [1.54, 1.807) is 62.8 Å². The van der Waals surface area contributed by atoms with Gasteiger partial charge in [0.25, 0.3) is 10.0 Å². The van der Waals surface area contributed by atoms with Crippen LogP contribution in [-0.4, -0.2) is 27.1 Å². The molecule has 0 bridgehead atoms. The molecule has 0 aromatic heterocycles. The second-order valence-electron chi connectivity index (χ2n) is 7.37. The largest absolute Gasteiger partial charge is 0.493 e. The van der Waals surface area contributed by atoms with Crippen molar-refractivity contribution < 1.29 is 17.9 Å². The van der Waals surface area contributed by atoms with E-state index in [4.69, 9.17) is 21.1 Å². The summed E-state index contributed by atoms with van der Waals surface area (Å²) in [4.78, 5) is 0.205. The number of hydrogen-bond acceptors (Lipinski definition) is 5. The van der Waals surface area contributed by atoms with Gasteiger partial charge in [0.15, 0.2) is 11.5 Å². The molecule has 1 aliphatic heterocycles. The lowest BCUT2D eigenvalue weighted by molar-refractivity contribution is 0.347. The van der Waals surface area contributed by atoms with Crippen LogP contribution in [0.5, 0.6) is 11.5 Å². The zero-order valence-electron chi connectivity index (χ0n) is 17.9. The number of ether oxygens (including phenoxy) is 2. The Morgan fingerprint density at radius 2 is 1.56 bits per heavy atom. The van der Waals surface area contributed by atoms with Crippen molar-refractivity contribution in [1.29, 1.82) is 0 Å². The van der Waals surface area contributed by atoms with Crippen LogP contribution >= 0.6 is 11.6 Å². The van der Waals surface area contributed by atoms with Crippen LogP contribution in [0.25, 0.3) is 5.70 Å². The Bertz CT molecular complexity index is 1260. The molecule has 166 valence electrons. The number of halogens is 1. The van der Waals surface area contributed by atoms with E-state index >= 15 is 0 Å². The first-order valence-electron chi connectivity index (χ1n) is 9.91. The lowest BCUT2D eigenvalue weighted by Gasteiger charge is -2.25. The van der Waals surface area contributed by atoms with Gasteiger partial charge in [0, 0.05) is 10.6 Å². The lowest BCUT2D eigenvalue weighted by Crippen LogP contribution is -2.39. The highest BCUT2D eigenvalue weighted by molar-refractivity contribution is 7.89. The maximum atomic E-state index is 13.6. The fourth-order valence-electron chi connectivity index (χ4n) is 3.54. The maximum absolute atomic E-state index is 13.6. The van der Waals surface area contributed by atoms with Gasteiger partial charge in [-0.3, -0.25) is 0 Å². The number of nitrogens with zero attached hydrogens (tertiary/aromatic N) is 1. The van der Waals surface area contributed by atoms with Gasteiger partial charge in [-0.15, -0.1) is 4.41 Å². The molecule has 8 heteroatoms.